The first kappa shape index (κ1) is 15.1. The van der Waals surface area contributed by atoms with Gasteiger partial charge < -0.3 is 16.0 Å². The van der Waals surface area contributed by atoms with Gasteiger partial charge in [-0.05, 0) is 46.3 Å². The number of rotatable bonds is 3. The van der Waals surface area contributed by atoms with Crippen LogP contribution < -0.4 is 16.0 Å². The maximum atomic E-state index is 11.9. The van der Waals surface area contributed by atoms with Crippen molar-refractivity contribution in [3.05, 3.63) is 53.0 Å². The Kier molecular flexibility index (Phi) is 4.94. The van der Waals surface area contributed by atoms with E-state index in [0.29, 0.717) is 17.1 Å². The summed E-state index contributed by atoms with van der Waals surface area (Å²) in [4.78, 5) is 22.9. The minimum atomic E-state index is -0.359. The standard InChI is InChI=1S/C15H14BrN3O2/c1-10(20)17-11-5-4-6-12(9-11)18-15(21)19-14-8-3-2-7-13(14)16/h2-9H,1H3,(H,17,20)(H2,18,19,21). The van der Waals surface area contributed by atoms with Gasteiger partial charge in [-0.1, -0.05) is 18.2 Å². The van der Waals surface area contributed by atoms with Crippen molar-refractivity contribution in [3.8, 4) is 0 Å². The first-order chi connectivity index (χ1) is 10.0. The van der Waals surface area contributed by atoms with E-state index >= 15 is 0 Å². The van der Waals surface area contributed by atoms with Crippen molar-refractivity contribution in [2.24, 2.45) is 0 Å². The quantitative estimate of drug-likeness (QED) is 0.783. The molecule has 2 rings (SSSR count). The lowest BCUT2D eigenvalue weighted by Crippen LogP contribution is -2.19. The number of carbonyl (C=O) groups excluding carboxylic acids is 2. The molecule has 0 heterocycles. The predicted octanol–water partition coefficient (Wildman–Crippen LogP) is 4.05. The molecule has 0 saturated heterocycles. The van der Waals surface area contributed by atoms with E-state index in [4.69, 9.17) is 0 Å². The first-order valence-corrected chi connectivity index (χ1v) is 7.04. The molecule has 2 aromatic rings. The van der Waals surface area contributed by atoms with Crippen LogP contribution in [0.4, 0.5) is 21.9 Å². The number of hydrogen-bond acceptors (Lipinski definition) is 2. The van der Waals surface area contributed by atoms with Gasteiger partial charge >= 0.3 is 6.03 Å². The van der Waals surface area contributed by atoms with Crippen LogP contribution in [-0.4, -0.2) is 11.9 Å². The van der Waals surface area contributed by atoms with Gasteiger partial charge in [0.25, 0.3) is 0 Å². The second-order valence-corrected chi connectivity index (χ2v) is 5.18. The summed E-state index contributed by atoms with van der Waals surface area (Å²) in [5, 5.41) is 8.10. The number of hydrogen-bond donors (Lipinski definition) is 3. The topological polar surface area (TPSA) is 70.2 Å². The summed E-state index contributed by atoms with van der Waals surface area (Å²) < 4.78 is 0.798. The smallest absolute Gasteiger partial charge is 0.323 e. The minimum absolute atomic E-state index is 0.162. The highest BCUT2D eigenvalue weighted by Crippen LogP contribution is 2.21. The fourth-order valence-electron chi connectivity index (χ4n) is 1.73. The van der Waals surface area contributed by atoms with Crippen LogP contribution in [0.5, 0.6) is 0 Å². The molecule has 5 nitrogen and oxygen atoms in total. The van der Waals surface area contributed by atoms with Gasteiger partial charge in [-0.25, -0.2) is 4.79 Å². The van der Waals surface area contributed by atoms with Crippen LogP contribution in [0.25, 0.3) is 0 Å². The number of para-hydroxylation sites is 1. The molecule has 0 unspecified atom stereocenters. The molecule has 108 valence electrons. The molecule has 2 aromatic carbocycles. The highest BCUT2D eigenvalue weighted by Gasteiger charge is 2.05. The maximum Gasteiger partial charge on any atom is 0.323 e. The number of halogens is 1. The van der Waals surface area contributed by atoms with E-state index in [9.17, 15) is 9.59 Å². The van der Waals surface area contributed by atoms with Gasteiger partial charge in [0.05, 0.1) is 5.69 Å². The van der Waals surface area contributed by atoms with Crippen LogP contribution in [0.15, 0.2) is 53.0 Å². The summed E-state index contributed by atoms with van der Waals surface area (Å²) in [5.41, 5.74) is 1.89. The van der Waals surface area contributed by atoms with Crippen molar-refractivity contribution in [3.63, 3.8) is 0 Å². The molecule has 0 aliphatic rings. The Bertz CT molecular complexity index is 673. The molecular weight excluding hydrogens is 334 g/mol. The van der Waals surface area contributed by atoms with Crippen LogP contribution in [0.1, 0.15) is 6.92 Å². The molecular formula is C15H14BrN3O2. The summed E-state index contributed by atoms with van der Waals surface area (Å²) >= 11 is 3.36. The molecule has 3 N–H and O–H groups in total. The number of benzene rings is 2. The van der Waals surface area contributed by atoms with Crippen molar-refractivity contribution < 1.29 is 9.59 Å². The number of carbonyl (C=O) groups is 2. The van der Waals surface area contributed by atoms with E-state index in [1.165, 1.54) is 6.92 Å². The molecule has 0 aliphatic carbocycles. The average molecular weight is 348 g/mol. The van der Waals surface area contributed by atoms with Crippen molar-refractivity contribution in [1.29, 1.82) is 0 Å². The van der Waals surface area contributed by atoms with Crippen molar-refractivity contribution in [1.82, 2.24) is 0 Å². The van der Waals surface area contributed by atoms with Crippen LogP contribution in [-0.2, 0) is 4.79 Å². The van der Waals surface area contributed by atoms with Gasteiger partial charge in [0.2, 0.25) is 5.91 Å². The van der Waals surface area contributed by atoms with Crippen molar-refractivity contribution in [2.75, 3.05) is 16.0 Å². The van der Waals surface area contributed by atoms with E-state index in [1.807, 2.05) is 18.2 Å². The van der Waals surface area contributed by atoms with Crippen LogP contribution in [0.2, 0.25) is 0 Å². The second kappa shape index (κ2) is 6.90. The Balaban J connectivity index is 2.03. The third-order valence-electron chi connectivity index (χ3n) is 2.56. The highest BCUT2D eigenvalue weighted by atomic mass is 79.9. The number of nitrogens with one attached hydrogen (secondary N) is 3. The Morgan fingerprint density at radius 3 is 2.24 bits per heavy atom. The summed E-state index contributed by atoms with van der Waals surface area (Å²) in [6, 6.07) is 13.9. The zero-order valence-electron chi connectivity index (χ0n) is 11.3. The number of amides is 3. The largest absolute Gasteiger partial charge is 0.326 e. The first-order valence-electron chi connectivity index (χ1n) is 6.25. The molecule has 0 saturated carbocycles. The van der Waals surface area contributed by atoms with Crippen molar-refractivity contribution in [2.45, 2.75) is 6.92 Å². The summed E-state index contributed by atoms with van der Waals surface area (Å²) in [7, 11) is 0. The number of anilines is 3. The molecule has 6 heteroatoms. The maximum absolute atomic E-state index is 11.9. The van der Waals surface area contributed by atoms with Crippen LogP contribution in [0.3, 0.4) is 0 Å². The van der Waals surface area contributed by atoms with Gasteiger partial charge in [-0.15, -0.1) is 0 Å². The fraction of sp³-hybridized carbons (Fsp3) is 0.0667. The van der Waals surface area contributed by atoms with E-state index in [0.717, 1.165) is 4.47 Å². The average Bonchev–Trinajstić information content (AvgIpc) is 2.41. The summed E-state index contributed by atoms with van der Waals surface area (Å²) in [5.74, 6) is -0.162. The van der Waals surface area contributed by atoms with Gasteiger partial charge in [-0.2, -0.15) is 0 Å². The summed E-state index contributed by atoms with van der Waals surface area (Å²) in [6.45, 7) is 1.43. The Morgan fingerprint density at radius 2 is 1.57 bits per heavy atom. The number of urea groups is 1. The summed E-state index contributed by atoms with van der Waals surface area (Å²) in [6.07, 6.45) is 0. The molecule has 0 bridgehead atoms. The van der Waals surface area contributed by atoms with Gasteiger partial charge in [0.1, 0.15) is 0 Å². The van der Waals surface area contributed by atoms with Gasteiger partial charge in [0.15, 0.2) is 0 Å². The van der Waals surface area contributed by atoms with E-state index in [-0.39, 0.29) is 11.9 Å². The molecule has 3 amide bonds. The Labute approximate surface area is 130 Å². The molecule has 0 aromatic heterocycles. The highest BCUT2D eigenvalue weighted by molar-refractivity contribution is 9.10. The van der Waals surface area contributed by atoms with Crippen LogP contribution >= 0.6 is 15.9 Å². The Hall–Kier alpha value is -2.34. The molecule has 0 atom stereocenters. The van der Waals surface area contributed by atoms with E-state index in [2.05, 4.69) is 31.9 Å². The lowest BCUT2D eigenvalue weighted by atomic mass is 10.2. The normalized spacial score (nSPS) is 9.81. The molecule has 0 fully saturated rings. The van der Waals surface area contributed by atoms with E-state index in [1.54, 1.807) is 30.3 Å². The predicted molar refractivity (Wildman–Crippen MR) is 87.5 cm³/mol. The SMILES string of the molecule is CC(=O)Nc1cccc(NC(=O)Nc2ccccc2Br)c1. The molecule has 0 radical (unpaired) electrons. The van der Waals surface area contributed by atoms with Crippen LogP contribution in [0, 0.1) is 0 Å². The Morgan fingerprint density at radius 1 is 0.905 bits per heavy atom. The van der Waals surface area contributed by atoms with Gasteiger partial charge in [-0.3, -0.25) is 4.79 Å². The molecule has 0 spiro atoms. The van der Waals surface area contributed by atoms with Crippen molar-refractivity contribution >= 4 is 44.9 Å². The second-order valence-electron chi connectivity index (χ2n) is 4.32. The minimum Gasteiger partial charge on any atom is -0.326 e. The lowest BCUT2D eigenvalue weighted by Gasteiger charge is -2.10. The fourth-order valence-corrected chi connectivity index (χ4v) is 2.11. The zero-order chi connectivity index (χ0) is 15.2. The van der Waals surface area contributed by atoms with Gasteiger partial charge in [0, 0.05) is 22.8 Å². The van der Waals surface area contributed by atoms with E-state index < -0.39 is 0 Å². The third kappa shape index (κ3) is 4.61. The zero-order valence-corrected chi connectivity index (χ0v) is 12.9. The third-order valence-corrected chi connectivity index (χ3v) is 3.25. The molecule has 21 heavy (non-hydrogen) atoms. The monoisotopic (exact) mass is 347 g/mol. The molecule has 0 aliphatic heterocycles. The lowest BCUT2D eigenvalue weighted by molar-refractivity contribution is -0.114.